The van der Waals surface area contributed by atoms with Crippen LogP contribution < -0.4 is 5.32 Å². The zero-order valence-corrected chi connectivity index (χ0v) is 16.9. The molecule has 5 rings (SSSR count). The Labute approximate surface area is 176 Å². The molecule has 0 bridgehead atoms. The lowest BCUT2D eigenvalue weighted by Gasteiger charge is -2.14. The number of carbonyl (C=O) groups excluding carboxylic acids is 1. The van der Waals surface area contributed by atoms with Crippen molar-refractivity contribution in [2.75, 3.05) is 17.7 Å². The minimum atomic E-state index is -0.186. The van der Waals surface area contributed by atoms with Gasteiger partial charge in [0.25, 0.3) is 0 Å². The Morgan fingerprint density at radius 1 is 1.30 bits per heavy atom. The highest BCUT2D eigenvalue weighted by Crippen LogP contribution is 2.31. The van der Waals surface area contributed by atoms with Crippen LogP contribution in [0.1, 0.15) is 12.8 Å². The van der Waals surface area contributed by atoms with E-state index in [-0.39, 0.29) is 17.8 Å². The maximum atomic E-state index is 12.2. The third kappa shape index (κ3) is 3.83. The van der Waals surface area contributed by atoms with Crippen molar-refractivity contribution in [3.63, 3.8) is 0 Å². The fourth-order valence-corrected chi connectivity index (χ4v) is 4.34. The van der Waals surface area contributed by atoms with Gasteiger partial charge in [0.2, 0.25) is 5.91 Å². The fourth-order valence-electron chi connectivity index (χ4n) is 3.59. The topological polar surface area (TPSA) is 111 Å². The number of nitrogens with zero attached hydrogens (tertiary/aromatic N) is 4. The highest BCUT2D eigenvalue weighted by molar-refractivity contribution is 7.99. The summed E-state index contributed by atoms with van der Waals surface area (Å²) in [5, 5.41) is 17.0. The molecule has 1 aromatic carbocycles. The molecule has 1 aliphatic heterocycles. The van der Waals surface area contributed by atoms with Crippen molar-refractivity contribution in [3.05, 3.63) is 42.8 Å². The first kappa shape index (κ1) is 18.9. The third-order valence-corrected chi connectivity index (χ3v) is 5.96. The van der Waals surface area contributed by atoms with Crippen molar-refractivity contribution >= 4 is 34.4 Å². The van der Waals surface area contributed by atoms with Crippen molar-refractivity contribution in [1.29, 1.82) is 0 Å². The number of amides is 1. The average Bonchev–Trinajstić information content (AvgIpc) is 3.55. The molecule has 30 heavy (non-hydrogen) atoms. The summed E-state index contributed by atoms with van der Waals surface area (Å²) in [5.74, 6) is 1.15. The highest BCUT2D eigenvalue weighted by atomic mass is 32.2. The van der Waals surface area contributed by atoms with E-state index in [9.17, 15) is 4.79 Å². The Balaban J connectivity index is 1.41. The minimum absolute atomic E-state index is 0.119. The van der Waals surface area contributed by atoms with Crippen LogP contribution in [0.4, 0.5) is 5.82 Å². The van der Waals surface area contributed by atoms with E-state index >= 15 is 0 Å². The Bertz CT molecular complexity index is 1150. The number of aromatic amines is 1. The van der Waals surface area contributed by atoms with Crippen LogP contribution >= 0.6 is 11.8 Å². The van der Waals surface area contributed by atoms with Crippen molar-refractivity contribution in [1.82, 2.24) is 24.9 Å². The minimum Gasteiger partial charge on any atom is -0.376 e. The van der Waals surface area contributed by atoms with E-state index < -0.39 is 0 Å². The first-order valence-electron chi connectivity index (χ1n) is 9.72. The summed E-state index contributed by atoms with van der Waals surface area (Å²) < 4.78 is 12.6. The van der Waals surface area contributed by atoms with Crippen LogP contribution in [0.2, 0.25) is 0 Å². The van der Waals surface area contributed by atoms with E-state index in [1.165, 1.54) is 18.0 Å². The Morgan fingerprint density at radius 2 is 2.23 bits per heavy atom. The Kier molecular flexibility index (Phi) is 5.24. The number of para-hydroxylation sites is 1. The summed E-state index contributed by atoms with van der Waals surface area (Å²) in [7, 11) is 0. The van der Waals surface area contributed by atoms with Gasteiger partial charge in [0.15, 0.2) is 16.8 Å². The number of nitrogens with one attached hydrogen (secondary N) is 2. The van der Waals surface area contributed by atoms with Crippen LogP contribution in [0.15, 0.2) is 52.5 Å². The van der Waals surface area contributed by atoms with Gasteiger partial charge in [0.05, 0.1) is 18.4 Å². The quantitative estimate of drug-likeness (QED) is 0.438. The van der Waals surface area contributed by atoms with Gasteiger partial charge >= 0.3 is 0 Å². The normalized spacial score (nSPS) is 16.3. The molecule has 1 fully saturated rings. The third-order valence-electron chi connectivity index (χ3n) is 4.99. The van der Waals surface area contributed by atoms with Gasteiger partial charge in [0, 0.05) is 35.3 Å². The van der Waals surface area contributed by atoms with Gasteiger partial charge in [-0.3, -0.25) is 9.36 Å². The number of fused-ring (bicyclic) bond motifs is 1. The molecule has 4 heterocycles. The zero-order chi connectivity index (χ0) is 20.3. The van der Waals surface area contributed by atoms with Gasteiger partial charge in [-0.25, -0.2) is 0 Å². The second-order valence-corrected chi connectivity index (χ2v) is 7.96. The molecule has 0 aliphatic carbocycles. The standard InChI is InChI=1S/C20H20N6O3S/c27-18(22-17-7-9-29-25-17)12-30-20-24-23-19(26(20)11-13-4-3-8-28-13)15-10-21-16-6-2-1-5-14(15)16/h1-2,5-7,9-10,13,21H,3-4,8,11-12H2,(H,22,25,27). The maximum absolute atomic E-state index is 12.2. The summed E-state index contributed by atoms with van der Waals surface area (Å²) >= 11 is 1.34. The molecule has 4 aromatic rings. The van der Waals surface area contributed by atoms with E-state index in [0.29, 0.717) is 17.5 Å². The number of hydrogen-bond acceptors (Lipinski definition) is 7. The smallest absolute Gasteiger partial charge is 0.236 e. The molecule has 0 radical (unpaired) electrons. The number of benzene rings is 1. The molecule has 1 aliphatic rings. The number of rotatable bonds is 7. The van der Waals surface area contributed by atoms with E-state index in [1.54, 1.807) is 6.07 Å². The van der Waals surface area contributed by atoms with E-state index in [2.05, 4.69) is 36.3 Å². The second kappa shape index (κ2) is 8.33. The van der Waals surface area contributed by atoms with Gasteiger partial charge < -0.3 is 19.6 Å². The molecule has 3 aromatic heterocycles. The van der Waals surface area contributed by atoms with Crippen LogP contribution in [-0.4, -0.2) is 49.3 Å². The summed E-state index contributed by atoms with van der Waals surface area (Å²) in [6, 6.07) is 9.68. The number of aromatic nitrogens is 5. The maximum Gasteiger partial charge on any atom is 0.236 e. The summed E-state index contributed by atoms with van der Waals surface area (Å²) in [5.41, 5.74) is 2.02. The second-order valence-electron chi connectivity index (χ2n) is 7.02. The average molecular weight is 424 g/mol. The number of H-pyrrole nitrogens is 1. The van der Waals surface area contributed by atoms with Crippen LogP contribution in [0.5, 0.6) is 0 Å². The van der Waals surface area contributed by atoms with Crippen LogP contribution in [0, 0.1) is 0 Å². The van der Waals surface area contributed by atoms with E-state index in [4.69, 9.17) is 9.26 Å². The molecule has 10 heteroatoms. The molecule has 2 N–H and O–H groups in total. The molecule has 0 spiro atoms. The molecule has 1 atom stereocenters. The fraction of sp³-hybridized carbons (Fsp3) is 0.300. The largest absolute Gasteiger partial charge is 0.376 e. The predicted molar refractivity (Wildman–Crippen MR) is 112 cm³/mol. The van der Waals surface area contributed by atoms with Crippen molar-refractivity contribution in [2.45, 2.75) is 30.6 Å². The first-order chi connectivity index (χ1) is 14.8. The van der Waals surface area contributed by atoms with Crippen molar-refractivity contribution in [3.8, 4) is 11.4 Å². The summed E-state index contributed by atoms with van der Waals surface area (Å²) in [6.07, 6.45) is 5.54. The molecule has 1 saturated heterocycles. The molecule has 9 nitrogen and oxygen atoms in total. The Hall–Kier alpha value is -3.11. The van der Waals surface area contributed by atoms with Gasteiger partial charge in [0.1, 0.15) is 6.26 Å². The lowest BCUT2D eigenvalue weighted by molar-refractivity contribution is -0.113. The van der Waals surface area contributed by atoms with Crippen LogP contribution in [0.25, 0.3) is 22.3 Å². The number of anilines is 1. The van der Waals surface area contributed by atoms with Gasteiger partial charge in [-0.05, 0) is 18.9 Å². The number of thioether (sulfide) groups is 1. The monoisotopic (exact) mass is 424 g/mol. The summed E-state index contributed by atoms with van der Waals surface area (Å²) in [4.78, 5) is 15.5. The number of ether oxygens (including phenoxy) is 1. The van der Waals surface area contributed by atoms with E-state index in [1.807, 2.05) is 24.4 Å². The molecule has 154 valence electrons. The van der Waals surface area contributed by atoms with E-state index in [0.717, 1.165) is 41.7 Å². The van der Waals surface area contributed by atoms with Crippen molar-refractivity contribution < 1.29 is 14.1 Å². The lowest BCUT2D eigenvalue weighted by Crippen LogP contribution is -2.18. The molecule has 1 amide bonds. The van der Waals surface area contributed by atoms with Gasteiger partial charge in [-0.2, -0.15) is 0 Å². The lowest BCUT2D eigenvalue weighted by atomic mass is 10.1. The SMILES string of the molecule is O=C(CSc1nnc(-c2c[nH]c3ccccc23)n1CC1CCCO1)Nc1ccon1. The summed E-state index contributed by atoms with van der Waals surface area (Å²) in [6.45, 7) is 1.42. The number of hydrogen-bond donors (Lipinski definition) is 2. The van der Waals surface area contributed by atoms with Crippen molar-refractivity contribution in [2.24, 2.45) is 0 Å². The first-order valence-corrected chi connectivity index (χ1v) is 10.7. The molecule has 0 saturated carbocycles. The molecule has 1 unspecified atom stereocenters. The number of carbonyl (C=O) groups is 1. The van der Waals surface area contributed by atoms with Gasteiger partial charge in [-0.15, -0.1) is 10.2 Å². The zero-order valence-electron chi connectivity index (χ0n) is 16.1. The molecular weight excluding hydrogens is 404 g/mol. The van der Waals surface area contributed by atoms with Crippen LogP contribution in [0.3, 0.4) is 0 Å². The highest BCUT2D eigenvalue weighted by Gasteiger charge is 2.23. The Morgan fingerprint density at radius 3 is 3.07 bits per heavy atom. The predicted octanol–water partition coefficient (Wildman–Crippen LogP) is 3.32. The molecular formula is C20H20N6O3S. The van der Waals surface area contributed by atoms with Gasteiger partial charge in [-0.1, -0.05) is 35.1 Å². The van der Waals surface area contributed by atoms with Crippen LogP contribution in [-0.2, 0) is 16.1 Å².